The zero-order chi connectivity index (χ0) is 24.8. The Balaban J connectivity index is 1.90. The van der Waals surface area contributed by atoms with E-state index in [1.807, 2.05) is 13.0 Å². The maximum Gasteiger partial charge on any atom is 0.247 e. The molecule has 0 aliphatic rings. The summed E-state index contributed by atoms with van der Waals surface area (Å²) in [6, 6.07) is 6.89. The number of carbonyl (C=O) groups is 1. The predicted molar refractivity (Wildman–Crippen MR) is 134 cm³/mol. The number of benzene rings is 2. The molecular formula is C24H21Cl2FN4O3. The Morgan fingerprint density at radius 1 is 1.12 bits per heavy atom. The average molecular weight is 503 g/mol. The summed E-state index contributed by atoms with van der Waals surface area (Å²) in [5.41, 5.74) is 2.32. The van der Waals surface area contributed by atoms with Gasteiger partial charge in [0.15, 0.2) is 0 Å². The minimum absolute atomic E-state index is 0.00917. The Morgan fingerprint density at radius 2 is 1.74 bits per heavy atom. The summed E-state index contributed by atoms with van der Waals surface area (Å²) < 4.78 is 25.5. The number of amides is 1. The molecule has 10 heteroatoms. The number of hydrogen-bond acceptors (Lipinski definition) is 6. The molecule has 0 aliphatic heterocycles. The van der Waals surface area contributed by atoms with Gasteiger partial charge in [-0.3, -0.25) is 4.79 Å². The fourth-order valence-electron chi connectivity index (χ4n) is 3.02. The fourth-order valence-corrected chi connectivity index (χ4v) is 3.71. The molecular weight excluding hydrogens is 482 g/mol. The number of aryl methyl sites for hydroxylation is 1. The van der Waals surface area contributed by atoms with Gasteiger partial charge in [0.1, 0.15) is 17.3 Å². The predicted octanol–water partition coefficient (Wildman–Crippen LogP) is 6.44. The van der Waals surface area contributed by atoms with E-state index in [0.717, 1.165) is 5.56 Å². The molecule has 0 aliphatic carbocycles. The lowest BCUT2D eigenvalue weighted by Crippen LogP contribution is -2.10. The number of carbonyl (C=O) groups excluding carboxylic acids is 1. The Hall–Kier alpha value is -3.62. The van der Waals surface area contributed by atoms with Crippen LogP contribution in [0.5, 0.6) is 11.5 Å². The summed E-state index contributed by atoms with van der Waals surface area (Å²) in [5.74, 6) is -0.383. The first-order valence-electron chi connectivity index (χ1n) is 9.88. The number of methoxy groups -OCH3 is 2. The topological polar surface area (TPSA) is 85.4 Å². The van der Waals surface area contributed by atoms with Gasteiger partial charge in [0.2, 0.25) is 11.9 Å². The summed E-state index contributed by atoms with van der Waals surface area (Å²) in [4.78, 5) is 20.2. The van der Waals surface area contributed by atoms with Gasteiger partial charge in [-0.2, -0.15) is 0 Å². The highest BCUT2D eigenvalue weighted by molar-refractivity contribution is 6.39. The summed E-state index contributed by atoms with van der Waals surface area (Å²) >= 11 is 12.5. The van der Waals surface area contributed by atoms with Crippen LogP contribution in [0, 0.1) is 6.92 Å². The highest BCUT2D eigenvalue weighted by atomic mass is 35.5. The zero-order valence-electron chi connectivity index (χ0n) is 18.6. The Kier molecular flexibility index (Phi) is 8.09. The first-order valence-corrected chi connectivity index (χ1v) is 10.6. The molecule has 2 N–H and O–H groups in total. The van der Waals surface area contributed by atoms with Crippen LogP contribution in [-0.4, -0.2) is 30.1 Å². The normalized spacial score (nSPS) is 11.1. The summed E-state index contributed by atoms with van der Waals surface area (Å²) in [5, 5.41) is 5.81. The SMILES string of the molecule is C=CC(=O)Nc1cccc(C)c1Nc1ncc(/C=C(\F)c2c(Cl)c(OC)cc(OC)c2Cl)cn1. The molecule has 34 heavy (non-hydrogen) atoms. The maximum atomic E-state index is 15.1. The number of para-hydroxylation sites is 1. The van der Waals surface area contributed by atoms with Crippen molar-refractivity contribution in [1.29, 1.82) is 0 Å². The second kappa shape index (κ2) is 11.0. The second-order valence-corrected chi connectivity index (χ2v) is 7.69. The van der Waals surface area contributed by atoms with Crippen LogP contribution in [0.15, 0.2) is 49.3 Å². The van der Waals surface area contributed by atoms with Crippen molar-refractivity contribution in [2.24, 2.45) is 0 Å². The van der Waals surface area contributed by atoms with Gasteiger partial charge >= 0.3 is 0 Å². The largest absolute Gasteiger partial charge is 0.495 e. The molecule has 0 atom stereocenters. The lowest BCUT2D eigenvalue weighted by Gasteiger charge is -2.14. The minimum atomic E-state index is -0.718. The number of nitrogens with zero attached hydrogens (tertiary/aromatic N) is 2. The number of halogens is 3. The number of rotatable bonds is 8. The van der Waals surface area contributed by atoms with Gasteiger partial charge < -0.3 is 20.1 Å². The molecule has 0 fully saturated rings. The van der Waals surface area contributed by atoms with Crippen LogP contribution in [0.3, 0.4) is 0 Å². The summed E-state index contributed by atoms with van der Waals surface area (Å²) in [7, 11) is 2.81. The third-order valence-electron chi connectivity index (χ3n) is 4.73. The monoisotopic (exact) mass is 502 g/mol. The summed E-state index contributed by atoms with van der Waals surface area (Å²) in [6.45, 7) is 5.32. The molecule has 7 nitrogen and oxygen atoms in total. The van der Waals surface area contributed by atoms with Crippen molar-refractivity contribution in [3.05, 3.63) is 76.0 Å². The van der Waals surface area contributed by atoms with Gasteiger partial charge in [0.25, 0.3) is 0 Å². The standard InChI is InChI=1S/C24H21Cl2FN4O3/c1-5-19(32)30-16-8-6-7-13(2)23(16)31-24-28-11-14(12-29-24)9-15(27)20-21(25)17(33-3)10-18(34-4)22(20)26/h5-12H,1H2,2-4H3,(H,30,32)(H,28,29,31)/b15-9-. The van der Waals surface area contributed by atoms with Crippen molar-refractivity contribution < 1.29 is 18.7 Å². The Morgan fingerprint density at radius 3 is 2.29 bits per heavy atom. The lowest BCUT2D eigenvalue weighted by atomic mass is 10.1. The van der Waals surface area contributed by atoms with Crippen LogP contribution < -0.4 is 20.1 Å². The van der Waals surface area contributed by atoms with Gasteiger partial charge in [-0.25, -0.2) is 14.4 Å². The van der Waals surface area contributed by atoms with E-state index in [1.54, 1.807) is 12.1 Å². The smallest absolute Gasteiger partial charge is 0.247 e. The molecule has 0 unspecified atom stereocenters. The van der Waals surface area contributed by atoms with E-state index in [1.165, 1.54) is 44.8 Å². The van der Waals surface area contributed by atoms with E-state index < -0.39 is 5.83 Å². The third kappa shape index (κ3) is 5.47. The molecule has 0 radical (unpaired) electrons. The second-order valence-electron chi connectivity index (χ2n) is 6.93. The molecule has 1 aromatic heterocycles. The van der Waals surface area contributed by atoms with Crippen LogP contribution in [0.2, 0.25) is 10.0 Å². The minimum Gasteiger partial charge on any atom is -0.495 e. The molecule has 2 aromatic carbocycles. The van der Waals surface area contributed by atoms with Crippen LogP contribution in [0.25, 0.3) is 11.9 Å². The van der Waals surface area contributed by atoms with E-state index in [4.69, 9.17) is 32.7 Å². The van der Waals surface area contributed by atoms with Gasteiger partial charge in [-0.1, -0.05) is 41.9 Å². The number of hydrogen-bond donors (Lipinski definition) is 2. The van der Waals surface area contributed by atoms with Crippen molar-refractivity contribution in [2.45, 2.75) is 6.92 Å². The van der Waals surface area contributed by atoms with E-state index in [-0.39, 0.29) is 39.0 Å². The average Bonchev–Trinajstić information content (AvgIpc) is 2.82. The van der Waals surface area contributed by atoms with E-state index >= 15 is 4.39 Å². The molecule has 0 saturated heterocycles. The fraction of sp³-hybridized carbons (Fsp3) is 0.125. The first-order chi connectivity index (χ1) is 16.3. The van der Waals surface area contributed by atoms with Crippen LogP contribution in [0.4, 0.5) is 21.7 Å². The molecule has 3 aromatic rings. The molecule has 176 valence electrons. The number of nitrogens with one attached hydrogen (secondary N) is 2. The van der Waals surface area contributed by atoms with Crippen LogP contribution in [-0.2, 0) is 4.79 Å². The number of ether oxygens (including phenoxy) is 2. The molecule has 3 rings (SSSR count). The molecule has 0 saturated carbocycles. The van der Waals surface area contributed by atoms with Crippen molar-refractivity contribution in [1.82, 2.24) is 9.97 Å². The number of aromatic nitrogens is 2. The molecule has 1 heterocycles. The van der Waals surface area contributed by atoms with Crippen LogP contribution >= 0.6 is 23.2 Å². The highest BCUT2D eigenvalue weighted by Crippen LogP contribution is 2.44. The first kappa shape index (κ1) is 25.0. The van der Waals surface area contributed by atoms with E-state index in [2.05, 4.69) is 27.2 Å². The molecule has 1 amide bonds. The van der Waals surface area contributed by atoms with Gasteiger partial charge in [-0.05, 0) is 30.7 Å². The van der Waals surface area contributed by atoms with Crippen molar-refractivity contribution in [3.63, 3.8) is 0 Å². The highest BCUT2D eigenvalue weighted by Gasteiger charge is 2.20. The Bertz CT molecular complexity index is 1240. The van der Waals surface area contributed by atoms with Crippen molar-refractivity contribution in [2.75, 3.05) is 24.9 Å². The zero-order valence-corrected chi connectivity index (χ0v) is 20.1. The Labute approximate surface area is 206 Å². The quantitative estimate of drug-likeness (QED) is 0.344. The summed E-state index contributed by atoms with van der Waals surface area (Å²) in [6.07, 6.45) is 5.22. The van der Waals surface area contributed by atoms with Crippen molar-refractivity contribution in [3.8, 4) is 11.5 Å². The van der Waals surface area contributed by atoms with Crippen LogP contribution in [0.1, 0.15) is 16.7 Å². The number of anilines is 3. The van der Waals surface area contributed by atoms with E-state index in [0.29, 0.717) is 16.9 Å². The van der Waals surface area contributed by atoms with Gasteiger partial charge in [0, 0.05) is 24.0 Å². The maximum absolute atomic E-state index is 15.1. The molecule has 0 spiro atoms. The lowest BCUT2D eigenvalue weighted by molar-refractivity contribution is -0.111. The third-order valence-corrected chi connectivity index (χ3v) is 5.48. The van der Waals surface area contributed by atoms with E-state index in [9.17, 15) is 4.79 Å². The van der Waals surface area contributed by atoms with Gasteiger partial charge in [-0.15, -0.1) is 0 Å². The van der Waals surface area contributed by atoms with Gasteiger partial charge in [0.05, 0.1) is 41.2 Å². The molecule has 0 bridgehead atoms. The van der Waals surface area contributed by atoms with Crippen molar-refractivity contribution >= 4 is 58.3 Å².